The minimum absolute atomic E-state index is 0.0603. The zero-order valence-corrected chi connectivity index (χ0v) is 12.4. The van der Waals surface area contributed by atoms with Gasteiger partial charge in [0, 0.05) is 6.04 Å². The van der Waals surface area contributed by atoms with E-state index in [2.05, 4.69) is 5.32 Å². The van der Waals surface area contributed by atoms with Gasteiger partial charge in [-0.25, -0.2) is 0 Å². The van der Waals surface area contributed by atoms with Gasteiger partial charge in [0.05, 0.1) is 6.42 Å². The van der Waals surface area contributed by atoms with Crippen LogP contribution in [0.1, 0.15) is 24.5 Å². The number of nitrogens with one attached hydrogen (secondary N) is 1. The SMILES string of the molecule is CC(CC(=O)O)NC(C=O)(c1ccccc1)c1ccccc1. The largest absolute Gasteiger partial charge is 0.481 e. The van der Waals surface area contributed by atoms with E-state index >= 15 is 0 Å². The summed E-state index contributed by atoms with van der Waals surface area (Å²) in [5.74, 6) is -0.902. The van der Waals surface area contributed by atoms with E-state index in [0.717, 1.165) is 17.4 Å². The molecule has 0 fully saturated rings. The molecular formula is C18H19NO3. The van der Waals surface area contributed by atoms with Gasteiger partial charge in [0.25, 0.3) is 0 Å². The van der Waals surface area contributed by atoms with Crippen molar-refractivity contribution in [1.29, 1.82) is 0 Å². The summed E-state index contributed by atoms with van der Waals surface area (Å²) in [7, 11) is 0. The molecule has 1 unspecified atom stereocenters. The van der Waals surface area contributed by atoms with Crippen LogP contribution in [0.3, 0.4) is 0 Å². The topological polar surface area (TPSA) is 66.4 Å². The van der Waals surface area contributed by atoms with Crippen LogP contribution in [-0.2, 0) is 15.1 Å². The standard InChI is InChI=1S/C18H19NO3/c1-14(12-17(21)22)19-18(13-20,15-8-4-2-5-9-15)16-10-6-3-7-11-16/h2-11,13-14,19H,12H2,1H3,(H,21,22). The predicted octanol–water partition coefficient (Wildman–Crippen LogP) is 2.58. The number of hydrogen-bond donors (Lipinski definition) is 2. The zero-order valence-electron chi connectivity index (χ0n) is 12.4. The first-order valence-electron chi connectivity index (χ1n) is 7.15. The predicted molar refractivity (Wildman–Crippen MR) is 84.6 cm³/mol. The molecule has 0 bridgehead atoms. The molecule has 0 saturated carbocycles. The van der Waals surface area contributed by atoms with Crippen molar-refractivity contribution in [2.75, 3.05) is 0 Å². The van der Waals surface area contributed by atoms with Crippen molar-refractivity contribution in [3.63, 3.8) is 0 Å². The Balaban J connectivity index is 2.48. The van der Waals surface area contributed by atoms with Crippen LogP contribution in [0.5, 0.6) is 0 Å². The minimum Gasteiger partial charge on any atom is -0.481 e. The summed E-state index contributed by atoms with van der Waals surface area (Å²) in [6, 6.07) is 18.3. The number of carboxylic acid groups (broad SMARTS) is 1. The van der Waals surface area contributed by atoms with E-state index in [-0.39, 0.29) is 12.5 Å². The maximum absolute atomic E-state index is 12.0. The first-order valence-corrected chi connectivity index (χ1v) is 7.15. The van der Waals surface area contributed by atoms with Crippen LogP contribution in [-0.4, -0.2) is 23.4 Å². The molecule has 0 aromatic heterocycles. The number of rotatable bonds is 7. The Morgan fingerprint density at radius 1 is 1.09 bits per heavy atom. The molecule has 0 aliphatic rings. The van der Waals surface area contributed by atoms with Crippen LogP contribution in [0.15, 0.2) is 60.7 Å². The van der Waals surface area contributed by atoms with Crippen LogP contribution < -0.4 is 5.32 Å². The fourth-order valence-corrected chi connectivity index (χ4v) is 2.61. The van der Waals surface area contributed by atoms with Crippen LogP contribution in [0, 0.1) is 0 Å². The molecule has 0 aliphatic carbocycles. The second-order valence-electron chi connectivity index (χ2n) is 5.30. The van der Waals surface area contributed by atoms with Gasteiger partial charge < -0.3 is 9.90 Å². The highest BCUT2D eigenvalue weighted by Crippen LogP contribution is 2.28. The lowest BCUT2D eigenvalue weighted by molar-refractivity contribution is -0.137. The maximum Gasteiger partial charge on any atom is 0.304 e. The molecule has 2 rings (SSSR count). The summed E-state index contributed by atoms with van der Waals surface area (Å²) in [5.41, 5.74) is 0.513. The van der Waals surface area contributed by atoms with Crippen molar-refractivity contribution in [2.45, 2.75) is 24.9 Å². The molecule has 2 aromatic rings. The van der Waals surface area contributed by atoms with Crippen LogP contribution in [0.4, 0.5) is 0 Å². The fraction of sp³-hybridized carbons (Fsp3) is 0.222. The number of carbonyl (C=O) groups excluding carboxylic acids is 1. The quantitative estimate of drug-likeness (QED) is 0.771. The van der Waals surface area contributed by atoms with Gasteiger partial charge in [0.2, 0.25) is 0 Å². The third-order valence-corrected chi connectivity index (χ3v) is 3.59. The first-order chi connectivity index (χ1) is 10.6. The van der Waals surface area contributed by atoms with Gasteiger partial charge in [-0.3, -0.25) is 10.1 Å². The Labute approximate surface area is 129 Å². The van der Waals surface area contributed by atoms with E-state index in [4.69, 9.17) is 5.11 Å². The van der Waals surface area contributed by atoms with E-state index in [1.165, 1.54) is 0 Å². The molecular weight excluding hydrogens is 278 g/mol. The van der Waals surface area contributed by atoms with Gasteiger partial charge in [-0.15, -0.1) is 0 Å². The lowest BCUT2D eigenvalue weighted by atomic mass is 9.83. The lowest BCUT2D eigenvalue weighted by Crippen LogP contribution is -2.49. The number of carboxylic acids is 1. The number of benzene rings is 2. The lowest BCUT2D eigenvalue weighted by Gasteiger charge is -2.33. The van der Waals surface area contributed by atoms with E-state index in [1.807, 2.05) is 60.7 Å². The molecule has 0 spiro atoms. The molecule has 0 heterocycles. The molecule has 4 heteroatoms. The molecule has 114 valence electrons. The van der Waals surface area contributed by atoms with Gasteiger partial charge in [-0.2, -0.15) is 0 Å². The van der Waals surface area contributed by atoms with Crippen LogP contribution >= 0.6 is 0 Å². The molecule has 0 radical (unpaired) electrons. The monoisotopic (exact) mass is 297 g/mol. The van der Waals surface area contributed by atoms with Gasteiger partial charge in [0.15, 0.2) is 0 Å². The number of aldehydes is 1. The average molecular weight is 297 g/mol. The maximum atomic E-state index is 12.0. The smallest absolute Gasteiger partial charge is 0.304 e. The summed E-state index contributed by atoms with van der Waals surface area (Å²) in [5, 5.41) is 12.2. The summed E-state index contributed by atoms with van der Waals surface area (Å²) < 4.78 is 0. The van der Waals surface area contributed by atoms with Crippen LogP contribution in [0.25, 0.3) is 0 Å². The van der Waals surface area contributed by atoms with E-state index in [1.54, 1.807) is 6.92 Å². The number of hydrogen-bond acceptors (Lipinski definition) is 3. The third kappa shape index (κ3) is 3.40. The Kier molecular flexibility index (Phi) is 5.07. The Hall–Kier alpha value is -2.46. The van der Waals surface area contributed by atoms with Gasteiger partial charge in [0.1, 0.15) is 11.8 Å². The highest BCUT2D eigenvalue weighted by atomic mass is 16.4. The van der Waals surface area contributed by atoms with E-state index in [9.17, 15) is 9.59 Å². The van der Waals surface area contributed by atoms with Crippen molar-refractivity contribution in [2.24, 2.45) is 0 Å². The highest BCUT2D eigenvalue weighted by molar-refractivity contribution is 5.75. The average Bonchev–Trinajstić information content (AvgIpc) is 2.53. The Morgan fingerprint density at radius 2 is 1.55 bits per heavy atom. The van der Waals surface area contributed by atoms with Gasteiger partial charge in [-0.05, 0) is 18.1 Å². The first kappa shape index (κ1) is 15.9. The summed E-state index contributed by atoms with van der Waals surface area (Å²) in [6.07, 6.45) is 0.783. The van der Waals surface area contributed by atoms with Crippen molar-refractivity contribution in [3.05, 3.63) is 71.8 Å². The highest BCUT2D eigenvalue weighted by Gasteiger charge is 2.35. The second kappa shape index (κ2) is 7.00. The molecule has 0 saturated heterocycles. The molecule has 4 nitrogen and oxygen atoms in total. The molecule has 22 heavy (non-hydrogen) atoms. The van der Waals surface area contributed by atoms with Crippen LogP contribution in [0.2, 0.25) is 0 Å². The summed E-state index contributed by atoms with van der Waals surface area (Å²) >= 11 is 0. The second-order valence-corrected chi connectivity index (χ2v) is 5.30. The molecule has 1 atom stereocenters. The zero-order chi connectivity index (χ0) is 16.0. The Morgan fingerprint density at radius 3 is 1.91 bits per heavy atom. The van der Waals surface area contributed by atoms with Gasteiger partial charge in [-0.1, -0.05) is 60.7 Å². The normalized spacial score (nSPS) is 12.6. The van der Waals surface area contributed by atoms with Gasteiger partial charge >= 0.3 is 5.97 Å². The molecule has 0 amide bonds. The number of aliphatic carboxylic acids is 1. The summed E-state index contributed by atoms with van der Waals surface area (Å²) in [4.78, 5) is 23.0. The van der Waals surface area contributed by atoms with Crippen molar-refractivity contribution in [1.82, 2.24) is 5.32 Å². The summed E-state index contributed by atoms with van der Waals surface area (Å²) in [6.45, 7) is 1.76. The van der Waals surface area contributed by atoms with E-state index < -0.39 is 11.5 Å². The Bertz CT molecular complexity index is 586. The minimum atomic E-state index is -1.06. The number of carbonyl (C=O) groups is 2. The molecule has 2 aromatic carbocycles. The molecule has 0 aliphatic heterocycles. The van der Waals surface area contributed by atoms with Crippen molar-refractivity contribution >= 4 is 12.3 Å². The fourth-order valence-electron chi connectivity index (χ4n) is 2.61. The van der Waals surface area contributed by atoms with Crippen molar-refractivity contribution < 1.29 is 14.7 Å². The third-order valence-electron chi connectivity index (χ3n) is 3.59. The van der Waals surface area contributed by atoms with E-state index in [0.29, 0.717) is 0 Å². The van der Waals surface area contributed by atoms with Crippen molar-refractivity contribution in [3.8, 4) is 0 Å². The molecule has 2 N–H and O–H groups in total.